The molecule has 1 aromatic carbocycles. The van der Waals surface area contributed by atoms with E-state index in [1.807, 2.05) is 25.1 Å². The summed E-state index contributed by atoms with van der Waals surface area (Å²) in [5, 5.41) is 2.83. The van der Waals surface area contributed by atoms with Crippen LogP contribution < -0.4 is 10.1 Å². The summed E-state index contributed by atoms with van der Waals surface area (Å²) in [6, 6.07) is 10.6. The molecule has 0 bridgehead atoms. The standard InChI is InChI=1S/C16H16N2O2/c1-12(2)11-20-15-6-4-3-5-14(15)18-16(19)13-7-9-17-10-8-13/h3-10H,1,11H2,2H3,(H,18,19). The number of anilines is 1. The van der Waals surface area contributed by atoms with Crippen molar-refractivity contribution in [2.45, 2.75) is 6.92 Å². The summed E-state index contributed by atoms with van der Waals surface area (Å²) in [7, 11) is 0. The second kappa shape index (κ2) is 6.52. The Bertz CT molecular complexity index is 609. The molecule has 0 aliphatic carbocycles. The van der Waals surface area contributed by atoms with Crippen molar-refractivity contribution in [2.75, 3.05) is 11.9 Å². The van der Waals surface area contributed by atoms with Crippen LogP contribution in [0.2, 0.25) is 0 Å². The maximum absolute atomic E-state index is 12.1. The first kappa shape index (κ1) is 13.8. The van der Waals surface area contributed by atoms with Crippen LogP contribution >= 0.6 is 0 Å². The fourth-order valence-electron chi connectivity index (χ4n) is 1.59. The lowest BCUT2D eigenvalue weighted by Crippen LogP contribution is -2.13. The van der Waals surface area contributed by atoms with Gasteiger partial charge in [-0.05, 0) is 36.8 Å². The van der Waals surface area contributed by atoms with E-state index in [1.165, 1.54) is 0 Å². The smallest absolute Gasteiger partial charge is 0.255 e. The zero-order valence-corrected chi connectivity index (χ0v) is 11.3. The molecular weight excluding hydrogens is 252 g/mol. The van der Waals surface area contributed by atoms with Crippen molar-refractivity contribution in [1.82, 2.24) is 4.98 Å². The first-order valence-corrected chi connectivity index (χ1v) is 6.24. The van der Waals surface area contributed by atoms with Gasteiger partial charge in [0.25, 0.3) is 5.91 Å². The van der Waals surface area contributed by atoms with Crippen LogP contribution in [0.15, 0.2) is 60.9 Å². The first-order valence-electron chi connectivity index (χ1n) is 6.24. The number of aromatic nitrogens is 1. The third-order valence-electron chi connectivity index (χ3n) is 2.55. The van der Waals surface area contributed by atoms with Crippen LogP contribution in [-0.2, 0) is 0 Å². The number of para-hydroxylation sites is 2. The van der Waals surface area contributed by atoms with Gasteiger partial charge in [-0.15, -0.1) is 0 Å². The number of rotatable bonds is 5. The number of carbonyl (C=O) groups excluding carboxylic acids is 1. The molecule has 0 unspecified atom stereocenters. The number of benzene rings is 1. The Morgan fingerprint density at radius 2 is 1.95 bits per heavy atom. The molecule has 0 fully saturated rings. The van der Waals surface area contributed by atoms with Crippen molar-refractivity contribution < 1.29 is 9.53 Å². The van der Waals surface area contributed by atoms with Crippen molar-refractivity contribution in [3.63, 3.8) is 0 Å². The van der Waals surface area contributed by atoms with E-state index in [4.69, 9.17) is 4.74 Å². The Morgan fingerprint density at radius 1 is 1.25 bits per heavy atom. The SMILES string of the molecule is C=C(C)COc1ccccc1NC(=O)c1ccncc1. The predicted molar refractivity (Wildman–Crippen MR) is 78.9 cm³/mol. The van der Waals surface area contributed by atoms with Gasteiger partial charge in [-0.3, -0.25) is 9.78 Å². The molecule has 0 aliphatic heterocycles. The Kier molecular flexibility index (Phi) is 4.50. The number of amides is 1. The largest absolute Gasteiger partial charge is 0.487 e. The second-order valence-corrected chi connectivity index (χ2v) is 4.43. The number of ether oxygens (including phenoxy) is 1. The molecule has 0 aliphatic rings. The van der Waals surface area contributed by atoms with Gasteiger partial charge in [-0.25, -0.2) is 0 Å². The van der Waals surface area contributed by atoms with E-state index in [0.717, 1.165) is 5.57 Å². The third kappa shape index (κ3) is 3.68. The van der Waals surface area contributed by atoms with Crippen LogP contribution in [0.5, 0.6) is 5.75 Å². The van der Waals surface area contributed by atoms with Gasteiger partial charge < -0.3 is 10.1 Å². The van der Waals surface area contributed by atoms with Gasteiger partial charge >= 0.3 is 0 Å². The van der Waals surface area contributed by atoms with Crippen molar-refractivity contribution >= 4 is 11.6 Å². The predicted octanol–water partition coefficient (Wildman–Crippen LogP) is 3.29. The molecule has 0 saturated heterocycles. The van der Waals surface area contributed by atoms with E-state index < -0.39 is 0 Å². The highest BCUT2D eigenvalue weighted by Gasteiger charge is 2.09. The summed E-state index contributed by atoms with van der Waals surface area (Å²) in [5.74, 6) is 0.427. The number of nitrogens with one attached hydrogen (secondary N) is 1. The summed E-state index contributed by atoms with van der Waals surface area (Å²) in [6.07, 6.45) is 3.16. The highest BCUT2D eigenvalue weighted by molar-refractivity contribution is 6.04. The van der Waals surface area contributed by atoms with Gasteiger partial charge in [0.05, 0.1) is 5.69 Å². The van der Waals surface area contributed by atoms with Gasteiger partial charge in [-0.1, -0.05) is 18.7 Å². The highest BCUT2D eigenvalue weighted by atomic mass is 16.5. The maximum atomic E-state index is 12.1. The molecule has 1 N–H and O–H groups in total. The number of hydrogen-bond donors (Lipinski definition) is 1. The first-order chi connectivity index (χ1) is 9.66. The number of carbonyl (C=O) groups is 1. The molecule has 0 radical (unpaired) electrons. The number of pyridine rings is 1. The van der Waals surface area contributed by atoms with Crippen molar-refractivity contribution in [3.05, 3.63) is 66.5 Å². The van der Waals surface area contributed by atoms with Crippen LogP contribution in [0, 0.1) is 0 Å². The summed E-state index contributed by atoms with van der Waals surface area (Å²) >= 11 is 0. The van der Waals surface area contributed by atoms with Crippen LogP contribution in [0.1, 0.15) is 17.3 Å². The fraction of sp³-hybridized carbons (Fsp3) is 0.125. The Hall–Kier alpha value is -2.62. The Balaban J connectivity index is 2.13. The normalized spacial score (nSPS) is 9.85. The lowest BCUT2D eigenvalue weighted by atomic mass is 10.2. The van der Waals surface area contributed by atoms with Crippen molar-refractivity contribution in [3.8, 4) is 5.75 Å². The van der Waals surface area contributed by atoms with Crippen LogP contribution in [0.4, 0.5) is 5.69 Å². The monoisotopic (exact) mass is 268 g/mol. The van der Waals surface area contributed by atoms with Crippen LogP contribution in [0.25, 0.3) is 0 Å². The topological polar surface area (TPSA) is 51.2 Å². The molecule has 4 nitrogen and oxygen atoms in total. The van der Waals surface area contributed by atoms with Gasteiger partial charge in [0, 0.05) is 18.0 Å². The zero-order valence-electron chi connectivity index (χ0n) is 11.3. The molecule has 2 rings (SSSR count). The molecule has 1 amide bonds. The average molecular weight is 268 g/mol. The molecule has 0 atom stereocenters. The minimum absolute atomic E-state index is 0.196. The van der Waals surface area contributed by atoms with Crippen LogP contribution in [-0.4, -0.2) is 17.5 Å². The number of nitrogens with zero attached hydrogens (tertiary/aromatic N) is 1. The lowest BCUT2D eigenvalue weighted by molar-refractivity contribution is 0.102. The molecule has 20 heavy (non-hydrogen) atoms. The highest BCUT2D eigenvalue weighted by Crippen LogP contribution is 2.24. The van der Waals surface area contributed by atoms with Gasteiger partial charge in [0.1, 0.15) is 12.4 Å². The molecule has 0 spiro atoms. The van der Waals surface area contributed by atoms with E-state index in [1.54, 1.807) is 30.6 Å². The lowest BCUT2D eigenvalue weighted by Gasteiger charge is -2.12. The minimum Gasteiger partial charge on any atom is -0.487 e. The Morgan fingerprint density at radius 3 is 2.65 bits per heavy atom. The molecule has 4 heteroatoms. The summed E-state index contributed by atoms with van der Waals surface area (Å²) in [6.45, 7) is 6.09. The minimum atomic E-state index is -0.196. The van der Waals surface area contributed by atoms with Gasteiger partial charge in [0.15, 0.2) is 0 Å². The average Bonchev–Trinajstić information content (AvgIpc) is 2.47. The van der Waals surface area contributed by atoms with E-state index in [0.29, 0.717) is 23.6 Å². The van der Waals surface area contributed by atoms with Crippen molar-refractivity contribution in [1.29, 1.82) is 0 Å². The molecular formula is C16H16N2O2. The second-order valence-electron chi connectivity index (χ2n) is 4.43. The Labute approximate surface area is 118 Å². The third-order valence-corrected chi connectivity index (χ3v) is 2.55. The van der Waals surface area contributed by atoms with Gasteiger partial charge in [-0.2, -0.15) is 0 Å². The van der Waals surface area contributed by atoms with E-state index in [-0.39, 0.29) is 5.91 Å². The fourth-order valence-corrected chi connectivity index (χ4v) is 1.59. The molecule has 2 aromatic rings. The molecule has 0 saturated carbocycles. The van der Waals surface area contributed by atoms with E-state index in [9.17, 15) is 4.79 Å². The molecule has 1 heterocycles. The quantitative estimate of drug-likeness (QED) is 0.846. The van der Waals surface area contributed by atoms with Crippen LogP contribution in [0.3, 0.4) is 0 Å². The number of hydrogen-bond acceptors (Lipinski definition) is 3. The van der Waals surface area contributed by atoms with Crippen molar-refractivity contribution in [2.24, 2.45) is 0 Å². The summed E-state index contributed by atoms with van der Waals surface area (Å²) < 4.78 is 5.61. The summed E-state index contributed by atoms with van der Waals surface area (Å²) in [5.41, 5.74) is 2.10. The molecule has 102 valence electrons. The maximum Gasteiger partial charge on any atom is 0.255 e. The van der Waals surface area contributed by atoms with E-state index in [2.05, 4.69) is 16.9 Å². The van der Waals surface area contributed by atoms with Gasteiger partial charge in [0.2, 0.25) is 0 Å². The molecule has 1 aromatic heterocycles. The zero-order chi connectivity index (χ0) is 14.4. The van der Waals surface area contributed by atoms with E-state index >= 15 is 0 Å². The summed E-state index contributed by atoms with van der Waals surface area (Å²) in [4.78, 5) is 16.0.